The van der Waals surface area contributed by atoms with E-state index >= 15 is 0 Å². The summed E-state index contributed by atoms with van der Waals surface area (Å²) in [5.74, 6) is 1.54. The summed E-state index contributed by atoms with van der Waals surface area (Å²) in [6.07, 6.45) is 5.54. The van der Waals surface area contributed by atoms with Gasteiger partial charge in [0.05, 0.1) is 66.5 Å². The van der Waals surface area contributed by atoms with Gasteiger partial charge in [-0.1, -0.05) is 133 Å². The Morgan fingerprint density at radius 2 is 0.899 bits per heavy atom. The number of carbonyl (C=O) groups is 2. The highest BCUT2D eigenvalue weighted by Crippen LogP contribution is 2.53. The van der Waals surface area contributed by atoms with Crippen LogP contribution in [0.1, 0.15) is 137 Å². The number of hydrogen-bond acceptors (Lipinski definition) is 10. The van der Waals surface area contributed by atoms with Gasteiger partial charge in [-0.25, -0.2) is 0 Å². The quantitative estimate of drug-likeness (QED) is 0.0543. The Bertz CT molecular complexity index is 2140. The zero-order chi connectivity index (χ0) is 49.8. The molecule has 3 saturated heterocycles. The van der Waals surface area contributed by atoms with Crippen molar-refractivity contribution in [3.63, 3.8) is 0 Å². The first-order valence-electron chi connectivity index (χ1n) is 24.0. The third-order valence-electron chi connectivity index (χ3n) is 14.5. The number of carbonyl (C=O) groups excluding carboxylic acids is 2. The van der Waals surface area contributed by atoms with Gasteiger partial charge in [0, 0.05) is 25.4 Å². The smallest absolute Gasteiger partial charge is 0.488 e. The molecule has 0 aliphatic carbocycles. The topological polar surface area (TPSA) is 108 Å². The van der Waals surface area contributed by atoms with E-state index in [2.05, 4.69) is 55.8 Å². The molecule has 14 heteroatoms. The molecule has 376 valence electrons. The fourth-order valence-corrected chi connectivity index (χ4v) is 8.70. The molecule has 0 unspecified atom stereocenters. The maximum Gasteiger partial charge on any atom is 0.488 e. The Balaban J connectivity index is 0.000000283. The molecule has 4 aromatic rings. The van der Waals surface area contributed by atoms with Crippen LogP contribution in [-0.2, 0) is 41.3 Å². The highest BCUT2D eigenvalue weighted by Gasteiger charge is 2.63. The summed E-state index contributed by atoms with van der Waals surface area (Å²) in [6.45, 7) is 29.6. The van der Waals surface area contributed by atoms with E-state index in [0.717, 1.165) is 54.8 Å². The normalized spacial score (nSPS) is 18.8. The van der Waals surface area contributed by atoms with E-state index in [0.29, 0.717) is 62.1 Å². The Morgan fingerprint density at radius 1 is 0.522 bits per heavy atom. The standard InChI is InChI=1S/C25H33BO3.C17H17BrO3.C12H24B2O4.CH4.H2/c1-24(2)18-26(19-25(24,3)4)23-21(16-27)12-8-13-22(23)29-15-9-14-28-17-20-10-6-5-7-11-20;18-17-15(12-19)8-4-9-16(17)21-11-5-10-20-13-14-6-2-1-3-7-14;1-9(2)10(3,4)16-13(15-9)14-17-11(5,6)12(7,8)18-14;;/h5-8,10-13,16H,9,14-15,17-19H2,1-4H3;1-4,6-9,12H,5,10-11,13H2;1-8H3;1H4;1H/i;;;;1+1. The van der Waals surface area contributed by atoms with Gasteiger partial charge in [0.15, 0.2) is 13.0 Å². The van der Waals surface area contributed by atoms with E-state index in [4.69, 9.17) is 37.6 Å². The molecule has 0 aromatic heterocycles. The van der Waals surface area contributed by atoms with Crippen molar-refractivity contribution in [3.05, 3.63) is 124 Å². The van der Waals surface area contributed by atoms with Gasteiger partial charge in [-0.3, -0.25) is 9.59 Å². The van der Waals surface area contributed by atoms with Crippen molar-refractivity contribution in [3.8, 4) is 11.5 Å². The van der Waals surface area contributed by atoms with Crippen molar-refractivity contribution in [1.29, 1.82) is 0 Å². The first-order valence-corrected chi connectivity index (χ1v) is 24.8. The van der Waals surface area contributed by atoms with Crippen molar-refractivity contribution >= 4 is 54.7 Å². The van der Waals surface area contributed by atoms with Crippen LogP contribution in [0.3, 0.4) is 0 Å². The van der Waals surface area contributed by atoms with Gasteiger partial charge in [0.25, 0.3) is 0 Å². The molecule has 0 amide bonds. The molecule has 4 aromatic carbocycles. The predicted octanol–water partition coefficient (Wildman–Crippen LogP) is 12.6. The molecule has 3 fully saturated rings. The van der Waals surface area contributed by atoms with Crippen molar-refractivity contribution < 1.29 is 48.6 Å². The summed E-state index contributed by atoms with van der Waals surface area (Å²) in [6, 6.07) is 31.5. The molecule has 0 radical (unpaired) electrons. The van der Waals surface area contributed by atoms with Crippen LogP contribution in [-0.4, -0.2) is 82.1 Å². The second-order valence-corrected chi connectivity index (χ2v) is 22.0. The highest BCUT2D eigenvalue weighted by molar-refractivity contribution is 9.10. The number of rotatable bonds is 18. The molecule has 0 bridgehead atoms. The molecule has 10 nitrogen and oxygen atoms in total. The fourth-order valence-electron chi connectivity index (χ4n) is 8.23. The average Bonchev–Trinajstić information content (AvgIpc) is 3.76. The van der Waals surface area contributed by atoms with Crippen molar-refractivity contribution in [2.45, 2.75) is 152 Å². The minimum absolute atomic E-state index is 0. The lowest BCUT2D eigenvalue weighted by atomic mass is 9.41. The van der Waals surface area contributed by atoms with E-state index < -0.39 is 14.0 Å². The van der Waals surface area contributed by atoms with Crippen LogP contribution < -0.4 is 14.9 Å². The Hall–Kier alpha value is -3.75. The minimum Gasteiger partial charge on any atom is -0.494 e. The maximum absolute atomic E-state index is 11.7. The number of hydrogen-bond donors (Lipinski definition) is 0. The lowest BCUT2D eigenvalue weighted by Crippen LogP contribution is -2.41. The van der Waals surface area contributed by atoms with Crippen molar-refractivity contribution in [1.82, 2.24) is 0 Å². The SMILES string of the molecule is C.CC1(C)CB(c2c(C=O)cccc2OCCCOCc2ccccc2)CC1(C)C.CC1(C)OB(B2OC(C)(C)C(C)(C)O2)OC1(C)C.O=Cc1cccc(OCCCOCc2ccccc2)c1Br.[2HH]. The van der Waals surface area contributed by atoms with E-state index in [1.165, 1.54) is 11.1 Å². The van der Waals surface area contributed by atoms with E-state index in [9.17, 15) is 9.59 Å². The Kier molecular flexibility index (Phi) is 21.0. The zero-order valence-corrected chi connectivity index (χ0v) is 44.2. The third-order valence-corrected chi connectivity index (χ3v) is 15.3. The van der Waals surface area contributed by atoms with Gasteiger partial charge >= 0.3 is 14.0 Å². The highest BCUT2D eigenvalue weighted by atomic mass is 79.9. The van der Waals surface area contributed by atoms with Gasteiger partial charge in [-0.05, 0) is 111 Å². The summed E-state index contributed by atoms with van der Waals surface area (Å²) in [7, 11) is -0.952. The fraction of sp³-hybridized carbons (Fsp3) is 0.527. The first kappa shape index (κ1) is 57.8. The van der Waals surface area contributed by atoms with E-state index in [1.807, 2.05) is 128 Å². The molecular weight excluding hydrogens is 933 g/mol. The van der Waals surface area contributed by atoms with Crippen LogP contribution in [0.2, 0.25) is 12.6 Å². The number of ether oxygens (including phenoxy) is 4. The molecule has 7 rings (SSSR count). The van der Waals surface area contributed by atoms with Crippen LogP contribution in [0.4, 0.5) is 0 Å². The van der Waals surface area contributed by atoms with Gasteiger partial charge < -0.3 is 37.6 Å². The predicted molar refractivity (Wildman–Crippen MR) is 287 cm³/mol. The second-order valence-electron chi connectivity index (χ2n) is 21.3. The van der Waals surface area contributed by atoms with Gasteiger partial charge in [0.2, 0.25) is 0 Å². The van der Waals surface area contributed by atoms with Crippen LogP contribution in [0.25, 0.3) is 0 Å². The second kappa shape index (κ2) is 25.1. The molecule has 3 heterocycles. The van der Waals surface area contributed by atoms with Crippen molar-refractivity contribution in [2.75, 3.05) is 26.4 Å². The molecule has 69 heavy (non-hydrogen) atoms. The summed E-state index contributed by atoms with van der Waals surface area (Å²) in [5, 5.41) is 0. The monoisotopic (exact) mass is 1010 g/mol. The minimum atomic E-state index is -0.476. The average molecular weight is 1010 g/mol. The molecule has 0 spiro atoms. The third kappa shape index (κ3) is 15.4. The van der Waals surface area contributed by atoms with Crippen molar-refractivity contribution in [2.24, 2.45) is 10.8 Å². The molecule has 3 aliphatic heterocycles. The first-order chi connectivity index (χ1) is 32.0. The molecule has 0 N–H and O–H groups in total. The largest absolute Gasteiger partial charge is 0.494 e. The van der Waals surface area contributed by atoms with Crippen LogP contribution in [0.15, 0.2) is 102 Å². The van der Waals surface area contributed by atoms with Crippen LogP contribution in [0, 0.1) is 10.8 Å². The van der Waals surface area contributed by atoms with E-state index in [-0.39, 0.29) is 42.1 Å². The van der Waals surface area contributed by atoms with Gasteiger partial charge in [-0.15, -0.1) is 0 Å². The van der Waals surface area contributed by atoms with Crippen LogP contribution >= 0.6 is 15.9 Å². The summed E-state index contributed by atoms with van der Waals surface area (Å²) < 4.78 is 47.7. The Labute approximate surface area is 425 Å². The molecule has 0 atom stereocenters. The summed E-state index contributed by atoms with van der Waals surface area (Å²) in [5.41, 5.74) is 3.82. The lowest BCUT2D eigenvalue weighted by Gasteiger charge is -2.35. The number of benzene rings is 4. The van der Waals surface area contributed by atoms with Crippen LogP contribution in [0.5, 0.6) is 11.5 Å². The van der Waals surface area contributed by atoms with E-state index in [1.54, 1.807) is 12.1 Å². The zero-order valence-electron chi connectivity index (χ0n) is 42.7. The molecular formula is C55H80B3BrO10. The molecule has 3 aliphatic rings. The van der Waals surface area contributed by atoms with Gasteiger partial charge in [-0.2, -0.15) is 0 Å². The maximum atomic E-state index is 11.7. The molecule has 0 saturated carbocycles. The lowest BCUT2D eigenvalue weighted by molar-refractivity contribution is 0.00578. The number of halogens is 1. The summed E-state index contributed by atoms with van der Waals surface area (Å²) >= 11 is 3.37. The van der Waals surface area contributed by atoms with Gasteiger partial charge in [0.1, 0.15) is 17.8 Å². The Morgan fingerprint density at radius 3 is 1.30 bits per heavy atom. The number of aldehydes is 2. The summed E-state index contributed by atoms with van der Waals surface area (Å²) in [4.78, 5) is 22.6.